The molecular weight excluding hydrogens is 333 g/mol. The zero-order valence-electron chi connectivity index (χ0n) is 10.1. The zero-order chi connectivity index (χ0) is 11.4. The van der Waals surface area contributed by atoms with Gasteiger partial charge in [0.25, 0.3) is 0 Å². The summed E-state index contributed by atoms with van der Waals surface area (Å²) >= 11 is 0. The topological polar surface area (TPSA) is 60.0 Å². The summed E-state index contributed by atoms with van der Waals surface area (Å²) in [4.78, 5) is 19.8. The van der Waals surface area contributed by atoms with Gasteiger partial charge in [0.1, 0.15) is 0 Å². The maximum absolute atomic E-state index is 11.1. The molecule has 98 valence electrons. The predicted molar refractivity (Wildman–Crippen MR) is 77.8 cm³/mol. The number of hydrogen-bond donors (Lipinski definition) is 2. The lowest BCUT2D eigenvalue weighted by Crippen LogP contribution is -2.50. The lowest BCUT2D eigenvalue weighted by Gasteiger charge is -2.26. The lowest BCUT2D eigenvalue weighted by atomic mass is 10.3. The minimum Gasteiger partial charge on any atom is -0.355 e. The lowest BCUT2D eigenvalue weighted by molar-refractivity contribution is -0.124. The van der Waals surface area contributed by atoms with E-state index in [0.717, 1.165) is 45.2 Å². The summed E-state index contributed by atoms with van der Waals surface area (Å²) in [5.74, 6) is 1.10. The number of hydrogen-bond acceptors (Lipinski definition) is 5. The highest BCUT2D eigenvalue weighted by atomic mass is 127. The van der Waals surface area contributed by atoms with E-state index in [9.17, 15) is 4.79 Å². The van der Waals surface area contributed by atoms with Crippen molar-refractivity contribution in [2.24, 2.45) is 4.99 Å². The van der Waals surface area contributed by atoms with Gasteiger partial charge in [0.15, 0.2) is 5.96 Å². The maximum atomic E-state index is 11.1. The molecule has 0 unspecified atom stereocenters. The summed E-state index contributed by atoms with van der Waals surface area (Å²) < 4.78 is 0. The van der Waals surface area contributed by atoms with Crippen molar-refractivity contribution in [3.05, 3.63) is 0 Å². The molecule has 6 nitrogen and oxygen atoms in total. The van der Waals surface area contributed by atoms with Gasteiger partial charge in [-0.25, -0.2) is 0 Å². The van der Waals surface area contributed by atoms with Crippen LogP contribution in [0.25, 0.3) is 0 Å². The Balaban J connectivity index is 0.00000144. The molecule has 0 bridgehead atoms. The van der Waals surface area contributed by atoms with Crippen molar-refractivity contribution < 1.29 is 4.79 Å². The Bertz CT molecular complexity index is 296. The van der Waals surface area contributed by atoms with Gasteiger partial charge in [-0.3, -0.25) is 14.7 Å². The standard InChI is InChI=1S/C10H19N5O.HI/c1-14-5-2-12-10(14)13-4-7-15-6-3-11-9(16)8-15;/h2-8H2,1H3,(H,11,16)(H,12,13);1H. The molecule has 0 atom stereocenters. The normalized spacial score (nSPS) is 20.6. The van der Waals surface area contributed by atoms with Gasteiger partial charge >= 0.3 is 0 Å². The van der Waals surface area contributed by atoms with Crippen molar-refractivity contribution in [2.75, 3.05) is 52.9 Å². The van der Waals surface area contributed by atoms with Crippen LogP contribution in [0.3, 0.4) is 0 Å². The van der Waals surface area contributed by atoms with Crippen molar-refractivity contribution in [2.45, 2.75) is 0 Å². The molecule has 0 aromatic heterocycles. The Morgan fingerprint density at radius 2 is 2.29 bits per heavy atom. The van der Waals surface area contributed by atoms with Crippen molar-refractivity contribution in [3.8, 4) is 0 Å². The fourth-order valence-electron chi connectivity index (χ4n) is 1.93. The molecule has 1 saturated heterocycles. The summed E-state index contributed by atoms with van der Waals surface area (Å²) in [6.07, 6.45) is 0. The van der Waals surface area contributed by atoms with E-state index in [-0.39, 0.29) is 29.9 Å². The summed E-state index contributed by atoms with van der Waals surface area (Å²) in [7, 11) is 2.03. The number of aliphatic imine (C=N–C) groups is 1. The molecule has 0 aliphatic carbocycles. The van der Waals surface area contributed by atoms with E-state index >= 15 is 0 Å². The van der Waals surface area contributed by atoms with Crippen LogP contribution in [0, 0.1) is 0 Å². The SMILES string of the molecule is CN1CCN=C1NCCN1CCNC(=O)C1.I. The molecule has 2 aliphatic heterocycles. The number of piperazine rings is 1. The van der Waals surface area contributed by atoms with Crippen LogP contribution in [0.5, 0.6) is 0 Å². The van der Waals surface area contributed by atoms with Gasteiger partial charge in [-0.2, -0.15) is 0 Å². The first-order chi connectivity index (χ1) is 7.75. The Morgan fingerprint density at radius 3 is 2.94 bits per heavy atom. The van der Waals surface area contributed by atoms with Crippen molar-refractivity contribution >= 4 is 35.8 Å². The largest absolute Gasteiger partial charge is 0.355 e. The second-order valence-corrected chi connectivity index (χ2v) is 4.18. The number of halogens is 1. The molecule has 7 heteroatoms. The van der Waals surface area contributed by atoms with Crippen LogP contribution in [0.15, 0.2) is 4.99 Å². The average molecular weight is 353 g/mol. The number of guanidine groups is 1. The third-order valence-corrected chi connectivity index (χ3v) is 2.89. The van der Waals surface area contributed by atoms with Crippen molar-refractivity contribution in [1.82, 2.24) is 20.4 Å². The number of rotatable bonds is 3. The third-order valence-electron chi connectivity index (χ3n) is 2.89. The van der Waals surface area contributed by atoms with Crippen LogP contribution in [0.4, 0.5) is 0 Å². The number of nitrogens with one attached hydrogen (secondary N) is 2. The van der Waals surface area contributed by atoms with E-state index in [4.69, 9.17) is 0 Å². The zero-order valence-corrected chi connectivity index (χ0v) is 12.4. The molecule has 17 heavy (non-hydrogen) atoms. The van der Waals surface area contributed by atoms with Crippen LogP contribution < -0.4 is 10.6 Å². The molecular formula is C10H20IN5O. The van der Waals surface area contributed by atoms with E-state index in [1.165, 1.54) is 0 Å². The fraction of sp³-hybridized carbons (Fsp3) is 0.800. The number of amides is 1. The van der Waals surface area contributed by atoms with Gasteiger partial charge in [-0.05, 0) is 0 Å². The van der Waals surface area contributed by atoms with E-state index in [1.807, 2.05) is 7.05 Å². The number of carbonyl (C=O) groups is 1. The summed E-state index contributed by atoms with van der Waals surface area (Å²) in [5.41, 5.74) is 0. The van der Waals surface area contributed by atoms with Gasteiger partial charge in [-0.1, -0.05) is 0 Å². The Kier molecular flexibility index (Phi) is 5.96. The molecule has 0 aromatic carbocycles. The number of carbonyl (C=O) groups excluding carboxylic acids is 1. The minimum absolute atomic E-state index is 0. The third kappa shape index (κ3) is 4.30. The first-order valence-electron chi connectivity index (χ1n) is 5.74. The van der Waals surface area contributed by atoms with E-state index in [2.05, 4.69) is 25.4 Å². The van der Waals surface area contributed by atoms with Gasteiger partial charge in [0.2, 0.25) is 5.91 Å². The van der Waals surface area contributed by atoms with Crippen LogP contribution in [0.2, 0.25) is 0 Å². The highest BCUT2D eigenvalue weighted by Gasteiger charge is 2.16. The van der Waals surface area contributed by atoms with Gasteiger partial charge in [-0.15, -0.1) is 24.0 Å². The number of nitrogens with zero attached hydrogens (tertiary/aromatic N) is 3. The molecule has 2 rings (SSSR count). The van der Waals surface area contributed by atoms with Gasteiger partial charge in [0.05, 0.1) is 13.1 Å². The molecule has 0 aromatic rings. The monoisotopic (exact) mass is 353 g/mol. The summed E-state index contributed by atoms with van der Waals surface area (Å²) in [6, 6.07) is 0. The molecule has 2 heterocycles. The van der Waals surface area contributed by atoms with Crippen LogP contribution >= 0.6 is 24.0 Å². The van der Waals surface area contributed by atoms with Crippen LogP contribution in [-0.4, -0.2) is 74.5 Å². The highest BCUT2D eigenvalue weighted by molar-refractivity contribution is 14.0. The Hall–Kier alpha value is -0.570. The fourth-order valence-corrected chi connectivity index (χ4v) is 1.93. The second kappa shape index (κ2) is 7.00. The Labute approximate surface area is 119 Å². The van der Waals surface area contributed by atoms with Gasteiger partial charge in [0, 0.05) is 39.8 Å². The summed E-state index contributed by atoms with van der Waals surface area (Å²) in [5, 5.41) is 6.11. The van der Waals surface area contributed by atoms with Crippen molar-refractivity contribution in [1.29, 1.82) is 0 Å². The van der Waals surface area contributed by atoms with Crippen molar-refractivity contribution in [3.63, 3.8) is 0 Å². The molecule has 0 radical (unpaired) electrons. The molecule has 1 fully saturated rings. The second-order valence-electron chi connectivity index (χ2n) is 4.18. The Morgan fingerprint density at radius 1 is 1.47 bits per heavy atom. The van der Waals surface area contributed by atoms with Crippen LogP contribution in [0.1, 0.15) is 0 Å². The van der Waals surface area contributed by atoms with E-state index < -0.39 is 0 Å². The quantitative estimate of drug-likeness (QED) is 0.635. The maximum Gasteiger partial charge on any atom is 0.234 e. The summed E-state index contributed by atoms with van der Waals surface area (Å²) in [6.45, 7) is 5.83. The highest BCUT2D eigenvalue weighted by Crippen LogP contribution is 1.95. The molecule has 1 amide bonds. The molecule has 2 aliphatic rings. The molecule has 2 N–H and O–H groups in total. The molecule has 0 spiro atoms. The minimum atomic E-state index is 0. The van der Waals surface area contributed by atoms with E-state index in [1.54, 1.807) is 0 Å². The predicted octanol–water partition coefficient (Wildman–Crippen LogP) is -1.07. The first-order valence-corrected chi connectivity index (χ1v) is 5.74. The van der Waals surface area contributed by atoms with Crippen LogP contribution in [-0.2, 0) is 4.79 Å². The smallest absolute Gasteiger partial charge is 0.234 e. The van der Waals surface area contributed by atoms with E-state index in [0.29, 0.717) is 6.54 Å². The average Bonchev–Trinajstić information content (AvgIpc) is 2.65. The molecule has 0 saturated carbocycles. The number of likely N-dealkylation sites (N-methyl/N-ethyl adjacent to an activating group) is 1. The first kappa shape index (κ1) is 14.5. The van der Waals surface area contributed by atoms with Gasteiger partial charge < -0.3 is 15.5 Å².